The molecular formula is C14H13Cl2NO2S. The maximum absolute atomic E-state index is 11.0. The van der Waals surface area contributed by atoms with Crippen LogP contribution in [0.1, 0.15) is 20.8 Å². The van der Waals surface area contributed by atoms with Gasteiger partial charge in [0, 0.05) is 16.6 Å². The Morgan fingerprint density at radius 1 is 1.25 bits per heavy atom. The Morgan fingerprint density at radius 2 is 2.05 bits per heavy atom. The fourth-order valence-corrected chi connectivity index (χ4v) is 3.10. The molecule has 0 fully saturated rings. The van der Waals surface area contributed by atoms with Crippen molar-refractivity contribution in [1.82, 2.24) is 5.32 Å². The molecule has 2 aromatic rings. The van der Waals surface area contributed by atoms with E-state index in [2.05, 4.69) is 5.32 Å². The summed E-state index contributed by atoms with van der Waals surface area (Å²) in [5.74, 6) is -0.877. The van der Waals surface area contributed by atoms with E-state index in [1.54, 1.807) is 11.4 Å². The fourth-order valence-electron chi connectivity index (χ4n) is 1.83. The molecule has 1 heterocycles. The second-order valence-electron chi connectivity index (χ2n) is 4.24. The zero-order chi connectivity index (χ0) is 14.5. The normalized spacial score (nSPS) is 10.7. The number of thiophene rings is 1. The van der Waals surface area contributed by atoms with Gasteiger partial charge in [-0.15, -0.1) is 11.3 Å². The number of halogens is 2. The van der Waals surface area contributed by atoms with Gasteiger partial charge in [-0.2, -0.15) is 0 Å². The van der Waals surface area contributed by atoms with Crippen LogP contribution in [0.3, 0.4) is 0 Å². The highest BCUT2D eigenvalue weighted by Gasteiger charge is 2.10. The van der Waals surface area contributed by atoms with Crippen LogP contribution in [0.4, 0.5) is 0 Å². The predicted molar refractivity (Wildman–Crippen MR) is 83.2 cm³/mol. The van der Waals surface area contributed by atoms with Gasteiger partial charge in [0.05, 0.1) is 0 Å². The highest BCUT2D eigenvalue weighted by molar-refractivity contribution is 7.12. The molecule has 0 aliphatic carbocycles. The molecule has 3 nitrogen and oxygen atoms in total. The largest absolute Gasteiger partial charge is 0.477 e. The van der Waals surface area contributed by atoms with Crippen molar-refractivity contribution in [2.45, 2.75) is 13.0 Å². The quantitative estimate of drug-likeness (QED) is 0.785. The minimum absolute atomic E-state index is 0.391. The first-order valence-corrected chi connectivity index (χ1v) is 7.66. The molecule has 1 aromatic heterocycles. The van der Waals surface area contributed by atoms with Crippen LogP contribution in [0.25, 0.3) is 0 Å². The third-order valence-corrected chi connectivity index (χ3v) is 4.37. The van der Waals surface area contributed by atoms with E-state index in [1.165, 1.54) is 11.3 Å². The van der Waals surface area contributed by atoms with Crippen LogP contribution in [0.2, 0.25) is 10.0 Å². The SMILES string of the molecule is O=C(O)c1sccc1CNCCc1ccc(Cl)cc1Cl. The van der Waals surface area contributed by atoms with Gasteiger partial charge in [0.2, 0.25) is 0 Å². The Bertz CT molecular complexity index is 613. The van der Waals surface area contributed by atoms with Crippen molar-refractivity contribution in [3.63, 3.8) is 0 Å². The average molecular weight is 330 g/mol. The molecular weight excluding hydrogens is 317 g/mol. The van der Waals surface area contributed by atoms with Gasteiger partial charge in [0.1, 0.15) is 4.88 Å². The van der Waals surface area contributed by atoms with Gasteiger partial charge in [-0.3, -0.25) is 0 Å². The number of hydrogen-bond acceptors (Lipinski definition) is 3. The predicted octanol–water partition coefficient (Wildman–Crippen LogP) is 4.09. The lowest BCUT2D eigenvalue weighted by Gasteiger charge is -2.07. The molecule has 6 heteroatoms. The molecule has 0 spiro atoms. The molecule has 0 aliphatic heterocycles. The van der Waals surface area contributed by atoms with Gasteiger partial charge >= 0.3 is 5.97 Å². The van der Waals surface area contributed by atoms with E-state index in [4.69, 9.17) is 28.3 Å². The fraction of sp³-hybridized carbons (Fsp3) is 0.214. The Hall–Kier alpha value is -1.07. The number of carboxylic acids is 1. The number of aromatic carboxylic acids is 1. The molecule has 0 saturated carbocycles. The summed E-state index contributed by atoms with van der Waals surface area (Å²) in [7, 11) is 0. The van der Waals surface area contributed by atoms with Crippen LogP contribution in [0, 0.1) is 0 Å². The van der Waals surface area contributed by atoms with Crippen LogP contribution < -0.4 is 5.32 Å². The van der Waals surface area contributed by atoms with Gasteiger partial charge < -0.3 is 10.4 Å². The smallest absolute Gasteiger partial charge is 0.346 e. The van der Waals surface area contributed by atoms with E-state index in [-0.39, 0.29) is 0 Å². The summed E-state index contributed by atoms with van der Waals surface area (Å²) in [5, 5.41) is 15.3. The monoisotopic (exact) mass is 329 g/mol. The van der Waals surface area contributed by atoms with Crippen LogP contribution in [-0.4, -0.2) is 17.6 Å². The van der Waals surface area contributed by atoms with Crippen molar-refractivity contribution >= 4 is 40.5 Å². The van der Waals surface area contributed by atoms with Crippen molar-refractivity contribution < 1.29 is 9.90 Å². The molecule has 106 valence electrons. The minimum atomic E-state index is -0.877. The van der Waals surface area contributed by atoms with E-state index < -0.39 is 5.97 Å². The second-order valence-corrected chi connectivity index (χ2v) is 6.00. The molecule has 0 radical (unpaired) electrons. The molecule has 0 aliphatic rings. The van der Waals surface area contributed by atoms with Gasteiger partial charge in [-0.05, 0) is 47.7 Å². The summed E-state index contributed by atoms with van der Waals surface area (Å²) in [6.45, 7) is 1.26. The Labute approximate surface area is 131 Å². The van der Waals surface area contributed by atoms with Gasteiger partial charge in [-0.25, -0.2) is 4.79 Å². The van der Waals surface area contributed by atoms with Crippen molar-refractivity contribution in [3.8, 4) is 0 Å². The lowest BCUT2D eigenvalue weighted by Crippen LogP contribution is -2.17. The first kappa shape index (κ1) is 15.3. The molecule has 0 amide bonds. The zero-order valence-corrected chi connectivity index (χ0v) is 12.9. The summed E-state index contributed by atoms with van der Waals surface area (Å²) in [6.07, 6.45) is 0.766. The van der Waals surface area contributed by atoms with Crippen LogP contribution in [-0.2, 0) is 13.0 Å². The minimum Gasteiger partial charge on any atom is -0.477 e. The third-order valence-electron chi connectivity index (χ3n) is 2.84. The van der Waals surface area contributed by atoms with E-state index in [9.17, 15) is 4.79 Å². The summed E-state index contributed by atoms with van der Waals surface area (Å²) in [4.78, 5) is 11.4. The van der Waals surface area contributed by atoms with E-state index in [1.807, 2.05) is 18.2 Å². The van der Waals surface area contributed by atoms with E-state index in [0.717, 1.165) is 24.1 Å². The van der Waals surface area contributed by atoms with Crippen LogP contribution >= 0.6 is 34.5 Å². The molecule has 0 saturated heterocycles. The summed E-state index contributed by atoms with van der Waals surface area (Å²) in [5.41, 5.74) is 1.83. The standard InChI is InChI=1S/C14H13Cl2NO2S/c15-11-2-1-9(12(16)7-11)3-5-17-8-10-4-6-20-13(10)14(18)19/h1-2,4,6-7,17H,3,5,8H2,(H,18,19). The number of nitrogens with one attached hydrogen (secondary N) is 1. The molecule has 0 unspecified atom stereocenters. The zero-order valence-electron chi connectivity index (χ0n) is 10.5. The number of benzene rings is 1. The average Bonchev–Trinajstić information content (AvgIpc) is 2.85. The molecule has 1 aromatic carbocycles. The van der Waals surface area contributed by atoms with Crippen molar-refractivity contribution in [3.05, 3.63) is 55.7 Å². The topological polar surface area (TPSA) is 49.3 Å². The first-order chi connectivity index (χ1) is 9.58. The van der Waals surface area contributed by atoms with Crippen molar-refractivity contribution in [1.29, 1.82) is 0 Å². The second kappa shape index (κ2) is 7.09. The highest BCUT2D eigenvalue weighted by atomic mass is 35.5. The van der Waals surface area contributed by atoms with Gasteiger partial charge in [0.25, 0.3) is 0 Å². The van der Waals surface area contributed by atoms with E-state index in [0.29, 0.717) is 21.5 Å². The lowest BCUT2D eigenvalue weighted by molar-refractivity contribution is 0.0701. The summed E-state index contributed by atoms with van der Waals surface area (Å²) in [6, 6.07) is 7.26. The lowest BCUT2D eigenvalue weighted by atomic mass is 10.1. The molecule has 2 rings (SSSR count). The first-order valence-electron chi connectivity index (χ1n) is 6.02. The maximum atomic E-state index is 11.0. The molecule has 0 atom stereocenters. The number of rotatable bonds is 6. The van der Waals surface area contributed by atoms with Gasteiger partial charge in [-0.1, -0.05) is 29.3 Å². The Kier molecular flexibility index (Phi) is 5.43. The van der Waals surface area contributed by atoms with Crippen LogP contribution in [0.15, 0.2) is 29.6 Å². The Morgan fingerprint density at radius 3 is 2.75 bits per heavy atom. The van der Waals surface area contributed by atoms with E-state index >= 15 is 0 Å². The highest BCUT2D eigenvalue weighted by Crippen LogP contribution is 2.21. The van der Waals surface area contributed by atoms with Crippen LogP contribution in [0.5, 0.6) is 0 Å². The maximum Gasteiger partial charge on any atom is 0.346 e. The molecule has 2 N–H and O–H groups in total. The molecule has 0 bridgehead atoms. The Balaban J connectivity index is 1.84. The summed E-state index contributed by atoms with van der Waals surface area (Å²) >= 11 is 13.2. The summed E-state index contributed by atoms with van der Waals surface area (Å²) < 4.78 is 0. The molecule has 20 heavy (non-hydrogen) atoms. The van der Waals surface area contributed by atoms with Crippen molar-refractivity contribution in [2.24, 2.45) is 0 Å². The number of carboxylic acid groups (broad SMARTS) is 1. The van der Waals surface area contributed by atoms with Crippen molar-refractivity contribution in [2.75, 3.05) is 6.54 Å². The number of carbonyl (C=O) groups is 1. The number of hydrogen-bond donors (Lipinski definition) is 2. The van der Waals surface area contributed by atoms with Gasteiger partial charge in [0.15, 0.2) is 0 Å². The third kappa shape index (κ3) is 3.96.